The molecule has 1 aromatic heterocycles. The average Bonchev–Trinajstić information content (AvgIpc) is 3.18. The number of aromatic nitrogens is 4. The average molecular weight is 376 g/mol. The molecule has 2 amide bonds. The molecule has 2 aromatic carbocycles. The van der Waals surface area contributed by atoms with Crippen molar-refractivity contribution in [1.82, 2.24) is 20.2 Å². The van der Waals surface area contributed by atoms with Gasteiger partial charge >= 0.3 is 0 Å². The van der Waals surface area contributed by atoms with Crippen LogP contribution in [0, 0.1) is 18.8 Å². The number of nitrogens with zero attached hydrogens (tertiary/aromatic N) is 4. The van der Waals surface area contributed by atoms with Crippen LogP contribution in [0.25, 0.3) is 5.69 Å². The molecule has 8 nitrogen and oxygen atoms in total. The van der Waals surface area contributed by atoms with Crippen molar-refractivity contribution in [2.24, 2.45) is 11.8 Å². The van der Waals surface area contributed by atoms with Crippen molar-refractivity contribution in [3.63, 3.8) is 0 Å². The maximum absolute atomic E-state index is 12.7. The Morgan fingerprint density at radius 2 is 1.89 bits per heavy atom. The van der Waals surface area contributed by atoms with E-state index in [-0.39, 0.29) is 17.7 Å². The van der Waals surface area contributed by atoms with Crippen molar-refractivity contribution >= 4 is 23.2 Å². The zero-order chi connectivity index (χ0) is 19.7. The number of hydrogen-bond acceptors (Lipinski definition) is 5. The lowest BCUT2D eigenvalue weighted by atomic mass is 10.1. The molecule has 142 valence electrons. The smallest absolute Gasteiger partial charge is 0.255 e. The standard InChI is InChI=1S/C20H20N6O2/c1-12-6-7-16(10-18(12)26-11-21-24-25-26)22-19(27)14-4-3-5-15(9-14)23-20(28)17-8-13(17)2/h3-7,9-11,13,17H,8H2,1-2H3,(H,22,27)(H,23,28)/t13-,17-/m0/s1. The van der Waals surface area contributed by atoms with Crippen molar-refractivity contribution in [1.29, 1.82) is 0 Å². The number of rotatable bonds is 5. The summed E-state index contributed by atoms with van der Waals surface area (Å²) in [5.41, 5.74) is 3.47. The third-order valence-electron chi connectivity index (χ3n) is 4.90. The van der Waals surface area contributed by atoms with Gasteiger partial charge in [0.15, 0.2) is 0 Å². The monoisotopic (exact) mass is 376 g/mol. The largest absolute Gasteiger partial charge is 0.326 e. The maximum atomic E-state index is 12.7. The van der Waals surface area contributed by atoms with Gasteiger partial charge in [-0.3, -0.25) is 9.59 Å². The van der Waals surface area contributed by atoms with E-state index < -0.39 is 0 Å². The van der Waals surface area contributed by atoms with Crippen molar-refractivity contribution in [3.05, 3.63) is 59.9 Å². The first-order chi connectivity index (χ1) is 13.5. The minimum Gasteiger partial charge on any atom is -0.326 e. The SMILES string of the molecule is Cc1ccc(NC(=O)c2cccc(NC(=O)[C@H]3C[C@@H]3C)c2)cc1-n1cnnn1. The summed E-state index contributed by atoms with van der Waals surface area (Å²) in [6, 6.07) is 12.4. The second kappa shape index (κ2) is 7.22. The summed E-state index contributed by atoms with van der Waals surface area (Å²) in [5.74, 6) is 0.259. The van der Waals surface area contributed by atoms with Gasteiger partial charge in [-0.15, -0.1) is 5.10 Å². The molecule has 2 N–H and O–H groups in total. The Morgan fingerprint density at radius 3 is 2.61 bits per heavy atom. The lowest BCUT2D eigenvalue weighted by Crippen LogP contribution is -2.16. The zero-order valence-corrected chi connectivity index (χ0v) is 15.6. The fourth-order valence-corrected chi connectivity index (χ4v) is 3.07. The van der Waals surface area contributed by atoms with Crippen LogP contribution in [0.5, 0.6) is 0 Å². The van der Waals surface area contributed by atoms with Gasteiger partial charge in [-0.05, 0) is 65.6 Å². The predicted molar refractivity (Wildman–Crippen MR) is 104 cm³/mol. The summed E-state index contributed by atoms with van der Waals surface area (Å²) in [6.07, 6.45) is 2.42. The maximum Gasteiger partial charge on any atom is 0.255 e. The zero-order valence-electron chi connectivity index (χ0n) is 15.6. The molecule has 1 heterocycles. The van der Waals surface area contributed by atoms with Crippen molar-refractivity contribution in [3.8, 4) is 5.69 Å². The molecule has 1 aliphatic carbocycles. The summed E-state index contributed by atoms with van der Waals surface area (Å²) in [4.78, 5) is 24.8. The van der Waals surface area contributed by atoms with E-state index in [1.807, 2.05) is 25.1 Å². The molecule has 8 heteroatoms. The Bertz CT molecular complexity index is 1030. The minimum absolute atomic E-state index is 0.00896. The Kier molecular flexibility index (Phi) is 4.60. The van der Waals surface area contributed by atoms with Crippen LogP contribution in [0.2, 0.25) is 0 Å². The molecule has 0 radical (unpaired) electrons. The topological polar surface area (TPSA) is 102 Å². The number of benzene rings is 2. The van der Waals surface area contributed by atoms with Crippen molar-refractivity contribution in [2.45, 2.75) is 20.3 Å². The number of carbonyl (C=O) groups is 2. The molecule has 0 unspecified atom stereocenters. The molecule has 2 atom stereocenters. The highest BCUT2D eigenvalue weighted by Crippen LogP contribution is 2.38. The second-order valence-electron chi connectivity index (χ2n) is 7.10. The Labute approximate surface area is 162 Å². The van der Waals surface area contributed by atoms with Crippen LogP contribution < -0.4 is 10.6 Å². The first-order valence-corrected chi connectivity index (χ1v) is 9.07. The summed E-state index contributed by atoms with van der Waals surface area (Å²) in [5, 5.41) is 16.9. The van der Waals surface area contributed by atoms with Gasteiger partial charge in [0.05, 0.1) is 5.69 Å². The van der Waals surface area contributed by atoms with Crippen molar-refractivity contribution < 1.29 is 9.59 Å². The molecule has 28 heavy (non-hydrogen) atoms. The predicted octanol–water partition coefficient (Wildman–Crippen LogP) is 2.82. The van der Waals surface area contributed by atoms with Gasteiger partial charge in [0.1, 0.15) is 6.33 Å². The summed E-state index contributed by atoms with van der Waals surface area (Å²) in [7, 11) is 0. The molecule has 1 saturated carbocycles. The van der Waals surface area contributed by atoms with E-state index >= 15 is 0 Å². The molecule has 0 aliphatic heterocycles. The molecule has 4 rings (SSSR count). The third-order valence-corrected chi connectivity index (χ3v) is 4.90. The molecule has 3 aromatic rings. The molecule has 0 spiro atoms. The summed E-state index contributed by atoms with van der Waals surface area (Å²) >= 11 is 0. The van der Waals surface area contributed by atoms with Crippen LogP contribution in [0.1, 0.15) is 29.3 Å². The van der Waals surface area contributed by atoms with Crippen LogP contribution in [-0.4, -0.2) is 32.0 Å². The molecular weight excluding hydrogens is 356 g/mol. The van der Waals surface area contributed by atoms with Crippen LogP contribution in [0.3, 0.4) is 0 Å². The van der Waals surface area contributed by atoms with E-state index in [0.717, 1.165) is 17.7 Å². The number of tetrazole rings is 1. The van der Waals surface area contributed by atoms with E-state index in [1.54, 1.807) is 28.9 Å². The lowest BCUT2D eigenvalue weighted by Gasteiger charge is -2.11. The Morgan fingerprint density at radius 1 is 1.11 bits per heavy atom. The van der Waals surface area contributed by atoms with Gasteiger partial charge < -0.3 is 10.6 Å². The van der Waals surface area contributed by atoms with E-state index in [2.05, 4.69) is 33.1 Å². The van der Waals surface area contributed by atoms with Crippen LogP contribution in [0.15, 0.2) is 48.8 Å². The Balaban J connectivity index is 1.49. The van der Waals surface area contributed by atoms with Crippen molar-refractivity contribution in [2.75, 3.05) is 10.6 Å². The van der Waals surface area contributed by atoms with Crippen LogP contribution in [-0.2, 0) is 4.79 Å². The molecule has 0 saturated heterocycles. The normalized spacial score (nSPS) is 17.8. The molecular formula is C20H20N6O2. The summed E-state index contributed by atoms with van der Waals surface area (Å²) < 4.78 is 1.54. The highest BCUT2D eigenvalue weighted by molar-refractivity contribution is 6.05. The number of aryl methyl sites for hydroxylation is 1. The van der Waals surface area contributed by atoms with Gasteiger partial charge in [0.2, 0.25) is 5.91 Å². The van der Waals surface area contributed by atoms with Crippen LogP contribution >= 0.6 is 0 Å². The first kappa shape index (κ1) is 17.8. The van der Waals surface area contributed by atoms with Gasteiger partial charge in [0.25, 0.3) is 5.91 Å². The second-order valence-corrected chi connectivity index (χ2v) is 7.10. The number of nitrogens with one attached hydrogen (secondary N) is 2. The third kappa shape index (κ3) is 3.75. The fourth-order valence-electron chi connectivity index (χ4n) is 3.07. The molecule has 0 bridgehead atoms. The van der Waals surface area contributed by atoms with Crippen LogP contribution in [0.4, 0.5) is 11.4 Å². The quantitative estimate of drug-likeness (QED) is 0.713. The van der Waals surface area contributed by atoms with E-state index in [1.165, 1.54) is 6.33 Å². The Hall–Kier alpha value is -3.55. The summed E-state index contributed by atoms with van der Waals surface area (Å²) in [6.45, 7) is 3.99. The van der Waals surface area contributed by atoms with E-state index in [9.17, 15) is 9.59 Å². The number of amides is 2. The van der Waals surface area contributed by atoms with Gasteiger partial charge in [-0.2, -0.15) is 0 Å². The van der Waals surface area contributed by atoms with E-state index in [4.69, 9.17) is 0 Å². The van der Waals surface area contributed by atoms with Gasteiger partial charge in [-0.25, -0.2) is 4.68 Å². The number of anilines is 2. The van der Waals surface area contributed by atoms with Gasteiger partial charge in [0, 0.05) is 22.9 Å². The fraction of sp³-hybridized carbons (Fsp3) is 0.250. The lowest BCUT2D eigenvalue weighted by molar-refractivity contribution is -0.117. The van der Waals surface area contributed by atoms with Gasteiger partial charge in [-0.1, -0.05) is 19.1 Å². The number of carbonyl (C=O) groups excluding carboxylic acids is 2. The van der Waals surface area contributed by atoms with E-state index in [0.29, 0.717) is 22.9 Å². The minimum atomic E-state index is -0.262. The molecule has 1 fully saturated rings. The first-order valence-electron chi connectivity index (χ1n) is 9.07. The highest BCUT2D eigenvalue weighted by Gasteiger charge is 2.39. The number of hydrogen-bond donors (Lipinski definition) is 2. The molecule has 1 aliphatic rings. The highest BCUT2D eigenvalue weighted by atomic mass is 16.2.